The number of fused-ring (bicyclic) bond motifs is 1. The second-order valence-corrected chi connectivity index (χ2v) is 6.96. The van der Waals surface area contributed by atoms with Crippen LogP contribution in [0, 0.1) is 5.92 Å². The van der Waals surface area contributed by atoms with Crippen LogP contribution in [0.2, 0.25) is 0 Å². The van der Waals surface area contributed by atoms with Crippen molar-refractivity contribution in [2.24, 2.45) is 5.92 Å². The van der Waals surface area contributed by atoms with E-state index in [1.54, 1.807) is 4.90 Å². The third-order valence-electron chi connectivity index (χ3n) is 4.71. The Morgan fingerprint density at radius 2 is 1.86 bits per heavy atom. The summed E-state index contributed by atoms with van der Waals surface area (Å²) in [5.74, 6) is 1.12. The Labute approximate surface area is 128 Å². The summed E-state index contributed by atoms with van der Waals surface area (Å²) in [6, 6.07) is -0.152. The lowest BCUT2D eigenvalue weighted by molar-refractivity contribution is -0.157. The van der Waals surface area contributed by atoms with Gasteiger partial charge in [0.1, 0.15) is 6.04 Å². The van der Waals surface area contributed by atoms with Gasteiger partial charge in [-0.05, 0) is 31.6 Å². The highest BCUT2D eigenvalue weighted by Crippen LogP contribution is 2.23. The molecule has 21 heavy (non-hydrogen) atoms. The van der Waals surface area contributed by atoms with Crippen LogP contribution in [-0.4, -0.2) is 47.3 Å². The van der Waals surface area contributed by atoms with Crippen LogP contribution in [0.25, 0.3) is 0 Å². The van der Waals surface area contributed by atoms with E-state index in [0.29, 0.717) is 6.54 Å². The Morgan fingerprint density at radius 1 is 1.10 bits per heavy atom. The topological polar surface area (TPSA) is 40.6 Å². The first-order chi connectivity index (χ1) is 10.1. The van der Waals surface area contributed by atoms with E-state index in [-0.39, 0.29) is 17.9 Å². The van der Waals surface area contributed by atoms with Crippen molar-refractivity contribution < 1.29 is 9.59 Å². The molecule has 0 aliphatic carbocycles. The molecule has 0 N–H and O–H groups in total. The van der Waals surface area contributed by atoms with Crippen molar-refractivity contribution in [3.63, 3.8) is 0 Å². The summed E-state index contributed by atoms with van der Waals surface area (Å²) in [4.78, 5) is 28.2. The van der Waals surface area contributed by atoms with E-state index in [9.17, 15) is 9.59 Å². The van der Waals surface area contributed by atoms with Gasteiger partial charge in [-0.1, -0.05) is 39.5 Å². The first kappa shape index (κ1) is 16.3. The number of amides is 2. The molecule has 120 valence electrons. The summed E-state index contributed by atoms with van der Waals surface area (Å²) in [5, 5.41) is 0. The predicted octanol–water partition coefficient (Wildman–Crippen LogP) is 2.82. The minimum Gasteiger partial charge on any atom is -0.332 e. The van der Waals surface area contributed by atoms with Crippen LogP contribution in [0.4, 0.5) is 0 Å². The summed E-state index contributed by atoms with van der Waals surface area (Å²) >= 11 is 0. The monoisotopic (exact) mass is 294 g/mol. The molecule has 0 radical (unpaired) electrons. The number of nitrogens with zero attached hydrogens (tertiary/aromatic N) is 2. The van der Waals surface area contributed by atoms with Crippen LogP contribution in [0.3, 0.4) is 0 Å². The molecule has 1 atom stereocenters. The van der Waals surface area contributed by atoms with Crippen LogP contribution in [-0.2, 0) is 9.59 Å². The molecule has 0 aromatic heterocycles. The Kier molecular flexibility index (Phi) is 6.07. The van der Waals surface area contributed by atoms with E-state index in [0.717, 1.165) is 44.7 Å². The second kappa shape index (κ2) is 7.81. The predicted molar refractivity (Wildman–Crippen MR) is 83.9 cm³/mol. The SMILES string of the molecule is CC(C)CCCCCCN1CC(=O)N2CCCCC2C1=O. The zero-order valence-electron chi connectivity index (χ0n) is 13.6. The van der Waals surface area contributed by atoms with Crippen molar-refractivity contribution in [1.82, 2.24) is 9.80 Å². The third kappa shape index (κ3) is 4.45. The molecule has 0 aromatic rings. The fourth-order valence-electron chi connectivity index (χ4n) is 3.43. The van der Waals surface area contributed by atoms with E-state index in [2.05, 4.69) is 13.8 Å². The minimum atomic E-state index is -0.152. The smallest absolute Gasteiger partial charge is 0.245 e. The van der Waals surface area contributed by atoms with Gasteiger partial charge in [0.25, 0.3) is 0 Å². The molecule has 0 aromatic carbocycles. The van der Waals surface area contributed by atoms with E-state index in [1.807, 2.05) is 4.90 Å². The maximum absolute atomic E-state index is 12.4. The molecule has 2 aliphatic rings. The maximum Gasteiger partial charge on any atom is 0.245 e. The lowest BCUT2D eigenvalue weighted by Crippen LogP contribution is -2.61. The number of rotatable bonds is 7. The van der Waals surface area contributed by atoms with Crippen LogP contribution in [0.15, 0.2) is 0 Å². The number of carbonyl (C=O) groups is 2. The van der Waals surface area contributed by atoms with Gasteiger partial charge in [0, 0.05) is 13.1 Å². The van der Waals surface area contributed by atoms with Gasteiger partial charge in [0.15, 0.2) is 0 Å². The average molecular weight is 294 g/mol. The van der Waals surface area contributed by atoms with Crippen LogP contribution < -0.4 is 0 Å². The van der Waals surface area contributed by atoms with Gasteiger partial charge in [0.2, 0.25) is 11.8 Å². The van der Waals surface area contributed by atoms with Gasteiger partial charge in [0.05, 0.1) is 6.54 Å². The van der Waals surface area contributed by atoms with Crippen LogP contribution in [0.1, 0.15) is 65.2 Å². The Hall–Kier alpha value is -1.06. The van der Waals surface area contributed by atoms with Gasteiger partial charge >= 0.3 is 0 Å². The zero-order valence-corrected chi connectivity index (χ0v) is 13.6. The molecule has 0 bridgehead atoms. The van der Waals surface area contributed by atoms with Gasteiger partial charge in [-0.15, -0.1) is 0 Å². The molecule has 2 saturated heterocycles. The molecule has 2 aliphatic heterocycles. The first-order valence-corrected chi connectivity index (χ1v) is 8.68. The normalized spacial score (nSPS) is 22.9. The van der Waals surface area contributed by atoms with Gasteiger partial charge < -0.3 is 9.80 Å². The number of hydrogen-bond acceptors (Lipinski definition) is 2. The van der Waals surface area contributed by atoms with Crippen molar-refractivity contribution >= 4 is 11.8 Å². The Balaban J connectivity index is 1.71. The van der Waals surface area contributed by atoms with Crippen molar-refractivity contribution in [3.05, 3.63) is 0 Å². The van der Waals surface area contributed by atoms with E-state index >= 15 is 0 Å². The van der Waals surface area contributed by atoms with Crippen LogP contribution in [0.5, 0.6) is 0 Å². The molecule has 1 unspecified atom stereocenters. The second-order valence-electron chi connectivity index (χ2n) is 6.96. The lowest BCUT2D eigenvalue weighted by Gasteiger charge is -2.42. The molecular formula is C17H30N2O2. The summed E-state index contributed by atoms with van der Waals surface area (Å²) in [7, 11) is 0. The minimum absolute atomic E-state index is 0.152. The number of hydrogen-bond donors (Lipinski definition) is 0. The number of piperidine rings is 1. The zero-order chi connectivity index (χ0) is 15.2. The molecule has 2 fully saturated rings. The largest absolute Gasteiger partial charge is 0.332 e. The molecule has 2 amide bonds. The fourth-order valence-corrected chi connectivity index (χ4v) is 3.43. The molecule has 0 spiro atoms. The standard InChI is InChI=1S/C17H30N2O2/c1-14(2)9-5-3-4-7-11-18-13-16(20)19-12-8-6-10-15(19)17(18)21/h14-15H,3-13H2,1-2H3. The molecule has 4 nitrogen and oxygen atoms in total. The summed E-state index contributed by atoms with van der Waals surface area (Å²) < 4.78 is 0. The summed E-state index contributed by atoms with van der Waals surface area (Å²) in [5.41, 5.74) is 0. The lowest BCUT2D eigenvalue weighted by atomic mass is 9.98. The van der Waals surface area contributed by atoms with Gasteiger partial charge in [-0.25, -0.2) is 0 Å². The van der Waals surface area contributed by atoms with Crippen molar-refractivity contribution in [2.45, 2.75) is 71.3 Å². The number of carbonyl (C=O) groups excluding carboxylic acids is 2. The Bertz CT molecular complexity index is 368. The quantitative estimate of drug-likeness (QED) is 0.677. The molecular weight excluding hydrogens is 264 g/mol. The molecule has 2 rings (SSSR count). The van der Waals surface area contributed by atoms with E-state index < -0.39 is 0 Å². The number of unbranched alkanes of at least 4 members (excludes halogenated alkanes) is 3. The van der Waals surface area contributed by atoms with Gasteiger partial charge in [-0.2, -0.15) is 0 Å². The third-order valence-corrected chi connectivity index (χ3v) is 4.71. The highest BCUT2D eigenvalue weighted by molar-refractivity contribution is 5.95. The average Bonchev–Trinajstić information content (AvgIpc) is 2.47. The van der Waals surface area contributed by atoms with E-state index in [1.165, 1.54) is 25.7 Å². The Morgan fingerprint density at radius 3 is 2.62 bits per heavy atom. The highest BCUT2D eigenvalue weighted by Gasteiger charge is 2.39. The summed E-state index contributed by atoms with van der Waals surface area (Å²) in [6.07, 6.45) is 8.98. The van der Waals surface area contributed by atoms with Crippen molar-refractivity contribution in [3.8, 4) is 0 Å². The van der Waals surface area contributed by atoms with Gasteiger partial charge in [-0.3, -0.25) is 9.59 Å². The highest BCUT2D eigenvalue weighted by atomic mass is 16.2. The maximum atomic E-state index is 12.4. The molecule has 4 heteroatoms. The first-order valence-electron chi connectivity index (χ1n) is 8.68. The number of piperazine rings is 1. The summed E-state index contributed by atoms with van der Waals surface area (Å²) in [6.45, 7) is 6.36. The molecule has 2 heterocycles. The fraction of sp³-hybridized carbons (Fsp3) is 0.882. The van der Waals surface area contributed by atoms with Crippen LogP contribution >= 0.6 is 0 Å². The molecule has 0 saturated carbocycles. The van der Waals surface area contributed by atoms with Crippen molar-refractivity contribution in [2.75, 3.05) is 19.6 Å². The van der Waals surface area contributed by atoms with E-state index in [4.69, 9.17) is 0 Å². The van der Waals surface area contributed by atoms with Crippen molar-refractivity contribution in [1.29, 1.82) is 0 Å².